The molecule has 0 radical (unpaired) electrons. The van der Waals surface area contributed by atoms with Crippen molar-refractivity contribution < 1.29 is 48.3 Å². The monoisotopic (exact) mass is 526 g/mol. The Morgan fingerprint density at radius 1 is 1.05 bits per heavy atom. The molecule has 8 rings (SSSR count). The molecule has 2 N–H and O–H groups in total. The zero-order valence-electron chi connectivity index (χ0n) is 21.4. The largest absolute Gasteiger partial charge is 0.455 e. The molecule has 202 valence electrons. The Labute approximate surface area is 218 Å². The van der Waals surface area contributed by atoms with Gasteiger partial charge >= 0.3 is 11.9 Å². The highest BCUT2D eigenvalue weighted by Crippen LogP contribution is 2.75. The number of rotatable bonds is 0. The van der Waals surface area contributed by atoms with E-state index in [1.54, 1.807) is 19.9 Å². The van der Waals surface area contributed by atoms with Gasteiger partial charge in [-0.1, -0.05) is 19.6 Å². The molecule has 10 nitrogen and oxygen atoms in total. The fourth-order valence-corrected chi connectivity index (χ4v) is 10.2. The summed E-state index contributed by atoms with van der Waals surface area (Å²) < 4.78 is 24.2. The molecule has 0 aromatic heterocycles. The van der Waals surface area contributed by atoms with Crippen molar-refractivity contribution in [1.29, 1.82) is 0 Å². The number of aliphatic hydroxyl groups is 2. The highest BCUT2D eigenvalue weighted by Gasteiger charge is 2.92. The van der Waals surface area contributed by atoms with Gasteiger partial charge in [-0.05, 0) is 57.9 Å². The first-order valence-corrected chi connectivity index (χ1v) is 13.4. The lowest BCUT2D eigenvalue weighted by molar-refractivity contribution is -0.342. The van der Waals surface area contributed by atoms with Gasteiger partial charge in [-0.15, -0.1) is 0 Å². The second-order valence-electron chi connectivity index (χ2n) is 13.3. The summed E-state index contributed by atoms with van der Waals surface area (Å²) in [5, 5.41) is 24.8. The van der Waals surface area contributed by atoms with Crippen LogP contribution in [0.25, 0.3) is 0 Å². The number of carbonyl (C=O) groups excluding carboxylic acids is 4. The second kappa shape index (κ2) is 6.01. The molecule has 5 heterocycles. The van der Waals surface area contributed by atoms with Crippen LogP contribution < -0.4 is 0 Å². The molecule has 0 amide bonds. The number of hydrogen-bond acceptors (Lipinski definition) is 10. The van der Waals surface area contributed by atoms with Crippen molar-refractivity contribution in [2.24, 2.45) is 28.6 Å². The third-order valence-electron chi connectivity index (χ3n) is 12.3. The van der Waals surface area contributed by atoms with Gasteiger partial charge in [0.05, 0.1) is 17.4 Å². The summed E-state index contributed by atoms with van der Waals surface area (Å²) in [6.07, 6.45) is 2.80. The number of ether oxygens (including phenoxy) is 4. The number of fused-ring (bicyclic) bond motifs is 8. The first kappa shape index (κ1) is 23.5. The van der Waals surface area contributed by atoms with Gasteiger partial charge in [0.2, 0.25) is 5.79 Å². The van der Waals surface area contributed by atoms with Crippen molar-refractivity contribution in [2.75, 3.05) is 0 Å². The number of epoxide rings is 1. The van der Waals surface area contributed by atoms with Crippen LogP contribution in [0.15, 0.2) is 24.3 Å². The molecule has 4 bridgehead atoms. The van der Waals surface area contributed by atoms with E-state index >= 15 is 0 Å². The Hall–Kier alpha value is -2.40. The number of allylic oxidation sites excluding steroid dienone is 1. The van der Waals surface area contributed by atoms with Crippen LogP contribution in [-0.2, 0) is 38.1 Å². The van der Waals surface area contributed by atoms with E-state index in [0.717, 1.165) is 0 Å². The lowest BCUT2D eigenvalue weighted by Gasteiger charge is -2.60. The predicted octanol–water partition coefficient (Wildman–Crippen LogP) is 0.670. The summed E-state index contributed by atoms with van der Waals surface area (Å²) in [5.41, 5.74) is -9.24. The standard InChI is InChI=1S/C28H30O10/c1-12-20(31)35-17-11-22(12,2)18-19(30)27(34)14-10-16-26(36-16)8-5-6-15(29)23(26,3)13(14)7-9-25(33)21(32)37-24(17,4)28(18,25)38-27/h5-6,13-14,16-18,33-34H,1,7-11H2,2-4H3/t13-,14+,16+,17+,18-,22+,23-,24-,25-,26+,27+,28-/m0/s1. The van der Waals surface area contributed by atoms with Crippen molar-refractivity contribution in [2.45, 2.75) is 93.3 Å². The van der Waals surface area contributed by atoms with Crippen LogP contribution in [0.3, 0.4) is 0 Å². The van der Waals surface area contributed by atoms with E-state index in [1.807, 2.05) is 0 Å². The Morgan fingerprint density at radius 3 is 2.53 bits per heavy atom. The molecule has 38 heavy (non-hydrogen) atoms. The minimum atomic E-state index is -2.47. The quantitative estimate of drug-likeness (QED) is 0.262. The van der Waals surface area contributed by atoms with Crippen molar-refractivity contribution in [3.63, 3.8) is 0 Å². The van der Waals surface area contributed by atoms with Gasteiger partial charge in [-0.3, -0.25) is 9.59 Å². The molecule has 2 saturated carbocycles. The van der Waals surface area contributed by atoms with E-state index < -0.39 is 80.6 Å². The molecule has 8 aliphatic rings. The predicted molar refractivity (Wildman–Crippen MR) is 124 cm³/mol. The van der Waals surface area contributed by atoms with E-state index in [4.69, 9.17) is 18.9 Å². The van der Waals surface area contributed by atoms with Crippen molar-refractivity contribution in [3.8, 4) is 0 Å². The zero-order valence-corrected chi connectivity index (χ0v) is 21.4. The van der Waals surface area contributed by atoms with Gasteiger partial charge in [0.25, 0.3) is 0 Å². The van der Waals surface area contributed by atoms with Crippen LogP contribution in [0.5, 0.6) is 0 Å². The summed E-state index contributed by atoms with van der Waals surface area (Å²) in [4.78, 5) is 54.7. The van der Waals surface area contributed by atoms with Crippen LogP contribution in [0, 0.1) is 28.6 Å². The first-order valence-electron chi connectivity index (χ1n) is 13.4. The Balaban J connectivity index is 1.39. The van der Waals surface area contributed by atoms with E-state index in [9.17, 15) is 29.4 Å². The first-order chi connectivity index (χ1) is 17.7. The third kappa shape index (κ3) is 1.91. The summed E-state index contributed by atoms with van der Waals surface area (Å²) in [6, 6.07) is 0. The van der Waals surface area contributed by atoms with Gasteiger partial charge in [0.15, 0.2) is 28.4 Å². The van der Waals surface area contributed by atoms with Crippen LogP contribution in [-0.4, -0.2) is 74.1 Å². The fraction of sp³-hybridized carbons (Fsp3) is 0.714. The lowest BCUT2D eigenvalue weighted by atomic mass is 9.47. The molecule has 0 unspecified atom stereocenters. The second-order valence-corrected chi connectivity index (χ2v) is 13.3. The summed E-state index contributed by atoms with van der Waals surface area (Å²) >= 11 is 0. The number of carbonyl (C=O) groups is 4. The highest BCUT2D eigenvalue weighted by molar-refractivity contribution is 6.02. The average molecular weight is 527 g/mol. The maximum absolute atomic E-state index is 14.6. The van der Waals surface area contributed by atoms with Gasteiger partial charge in [-0.2, -0.15) is 0 Å². The maximum atomic E-state index is 14.6. The Kier molecular flexibility index (Phi) is 3.72. The average Bonchev–Trinajstić information content (AvgIpc) is 3.45. The number of Topliss-reactive ketones (excluding diaryl/α,β-unsaturated/α-hetero) is 1. The van der Waals surface area contributed by atoms with Gasteiger partial charge in [-0.25, -0.2) is 9.59 Å². The Bertz CT molecular complexity index is 1350. The lowest BCUT2D eigenvalue weighted by Crippen LogP contribution is -2.77. The van der Waals surface area contributed by atoms with Gasteiger partial charge in [0.1, 0.15) is 11.7 Å². The Morgan fingerprint density at radius 2 is 1.79 bits per heavy atom. The minimum Gasteiger partial charge on any atom is -0.455 e. The third-order valence-corrected chi connectivity index (χ3v) is 12.3. The number of hydrogen-bond donors (Lipinski definition) is 2. The fourth-order valence-electron chi connectivity index (χ4n) is 10.2. The molecular weight excluding hydrogens is 496 g/mol. The van der Waals surface area contributed by atoms with E-state index in [-0.39, 0.29) is 43.1 Å². The van der Waals surface area contributed by atoms with Crippen molar-refractivity contribution in [3.05, 3.63) is 24.3 Å². The van der Waals surface area contributed by atoms with Crippen LogP contribution in [0.4, 0.5) is 0 Å². The van der Waals surface area contributed by atoms with Crippen LogP contribution >= 0.6 is 0 Å². The number of esters is 2. The molecule has 3 aliphatic carbocycles. The maximum Gasteiger partial charge on any atom is 0.342 e. The van der Waals surface area contributed by atoms with Crippen molar-refractivity contribution >= 4 is 23.5 Å². The summed E-state index contributed by atoms with van der Waals surface area (Å²) in [5.74, 6) is -7.90. The van der Waals surface area contributed by atoms with E-state index in [2.05, 4.69) is 6.58 Å². The normalized spacial score (nSPS) is 61.1. The molecule has 0 aromatic carbocycles. The summed E-state index contributed by atoms with van der Waals surface area (Å²) in [6.45, 7) is 8.91. The number of ketones is 2. The molecule has 0 aromatic rings. The minimum absolute atomic E-state index is 0.0200. The van der Waals surface area contributed by atoms with Gasteiger partial charge < -0.3 is 29.2 Å². The zero-order chi connectivity index (χ0) is 27.1. The molecule has 5 saturated heterocycles. The molecule has 10 heteroatoms. The smallest absolute Gasteiger partial charge is 0.342 e. The molecule has 7 fully saturated rings. The topological polar surface area (TPSA) is 149 Å². The van der Waals surface area contributed by atoms with Crippen LogP contribution in [0.1, 0.15) is 52.9 Å². The highest BCUT2D eigenvalue weighted by atomic mass is 16.7. The SMILES string of the molecule is C=C1C(=O)O[C@@H]2C[C@@]1(C)[C@@H]1C(=O)[C@]3(O)O[C@]14[C@@]2(C)OC(=O)[C@@]4(O)CC[C@H]1[C@H]3C[C@H]2O[C@]23CC=CC(=O)[C@]13C. The molecule has 5 aliphatic heterocycles. The molecular formula is C28H30O10. The van der Waals surface area contributed by atoms with E-state index in [1.165, 1.54) is 13.0 Å². The van der Waals surface area contributed by atoms with Crippen molar-refractivity contribution in [1.82, 2.24) is 0 Å². The van der Waals surface area contributed by atoms with E-state index in [0.29, 0.717) is 6.42 Å². The summed E-state index contributed by atoms with van der Waals surface area (Å²) in [7, 11) is 0. The van der Waals surface area contributed by atoms with Crippen LogP contribution in [0.2, 0.25) is 0 Å². The van der Waals surface area contributed by atoms with Gasteiger partial charge in [0, 0.05) is 16.9 Å². The molecule has 2 spiro atoms. The molecule has 12 atom stereocenters.